The molecule has 0 aromatic heterocycles. The lowest BCUT2D eigenvalue weighted by Gasteiger charge is -2.32. The van der Waals surface area contributed by atoms with Crippen molar-refractivity contribution in [3.05, 3.63) is 35.9 Å². The van der Waals surface area contributed by atoms with Gasteiger partial charge in [-0.05, 0) is 31.0 Å². The van der Waals surface area contributed by atoms with E-state index in [9.17, 15) is 9.59 Å². The normalized spacial score (nSPS) is 23.2. The highest BCUT2D eigenvalue weighted by Gasteiger charge is 2.35. The summed E-state index contributed by atoms with van der Waals surface area (Å²) in [6, 6.07) is 9.60. The predicted octanol–water partition coefficient (Wildman–Crippen LogP) is 0.759. The number of amides is 2. The number of carbonyl (C=O) groups is 2. The van der Waals surface area contributed by atoms with Crippen LogP contribution in [0.25, 0.3) is 0 Å². The summed E-state index contributed by atoms with van der Waals surface area (Å²) >= 11 is 0. The van der Waals surface area contributed by atoms with Crippen LogP contribution in [0.15, 0.2) is 30.3 Å². The highest BCUT2D eigenvalue weighted by atomic mass is 16.2. The van der Waals surface area contributed by atoms with E-state index in [0.717, 1.165) is 18.7 Å². The standard InChI is InChI=1S/C17H23N3O2/c1-12(14-9-18-10-14)16(21)19-15-7-8-20(17(15)22)11-13-5-3-2-4-6-13/h2-6,12,14-15,18H,7-11H2,1H3,(H,19,21). The fourth-order valence-corrected chi connectivity index (χ4v) is 3.02. The minimum Gasteiger partial charge on any atom is -0.344 e. The Labute approximate surface area is 131 Å². The van der Waals surface area contributed by atoms with E-state index >= 15 is 0 Å². The number of nitrogens with one attached hydrogen (secondary N) is 2. The molecule has 2 unspecified atom stereocenters. The van der Waals surface area contributed by atoms with Gasteiger partial charge in [0.05, 0.1) is 0 Å². The summed E-state index contributed by atoms with van der Waals surface area (Å²) in [7, 11) is 0. The molecular weight excluding hydrogens is 278 g/mol. The predicted molar refractivity (Wildman–Crippen MR) is 83.9 cm³/mol. The molecule has 0 saturated carbocycles. The van der Waals surface area contributed by atoms with Crippen molar-refractivity contribution in [1.82, 2.24) is 15.5 Å². The maximum Gasteiger partial charge on any atom is 0.245 e. The van der Waals surface area contributed by atoms with Crippen LogP contribution in [0.2, 0.25) is 0 Å². The van der Waals surface area contributed by atoms with Gasteiger partial charge in [-0.25, -0.2) is 0 Å². The van der Waals surface area contributed by atoms with E-state index < -0.39 is 0 Å². The lowest BCUT2D eigenvalue weighted by Crippen LogP contribution is -2.52. The largest absolute Gasteiger partial charge is 0.344 e. The van der Waals surface area contributed by atoms with Crippen molar-refractivity contribution in [1.29, 1.82) is 0 Å². The molecule has 1 aromatic rings. The minimum absolute atomic E-state index is 0.00594. The van der Waals surface area contributed by atoms with Crippen molar-refractivity contribution in [3.63, 3.8) is 0 Å². The first kappa shape index (κ1) is 15.0. The van der Waals surface area contributed by atoms with Crippen LogP contribution in [-0.4, -0.2) is 42.4 Å². The third-order valence-electron chi connectivity index (χ3n) is 4.76. The van der Waals surface area contributed by atoms with E-state index in [2.05, 4.69) is 10.6 Å². The molecule has 2 heterocycles. The molecule has 0 radical (unpaired) electrons. The molecule has 118 valence electrons. The van der Waals surface area contributed by atoms with E-state index in [0.29, 0.717) is 25.4 Å². The van der Waals surface area contributed by atoms with Crippen LogP contribution in [0.3, 0.4) is 0 Å². The van der Waals surface area contributed by atoms with Gasteiger partial charge in [0.2, 0.25) is 11.8 Å². The Balaban J connectivity index is 1.53. The summed E-state index contributed by atoms with van der Waals surface area (Å²) < 4.78 is 0. The zero-order valence-electron chi connectivity index (χ0n) is 12.9. The van der Waals surface area contributed by atoms with Crippen LogP contribution < -0.4 is 10.6 Å². The van der Waals surface area contributed by atoms with Gasteiger partial charge < -0.3 is 15.5 Å². The van der Waals surface area contributed by atoms with Gasteiger partial charge in [-0.3, -0.25) is 9.59 Å². The zero-order valence-corrected chi connectivity index (χ0v) is 12.9. The maximum atomic E-state index is 12.4. The van der Waals surface area contributed by atoms with Crippen molar-refractivity contribution in [3.8, 4) is 0 Å². The third-order valence-corrected chi connectivity index (χ3v) is 4.76. The van der Waals surface area contributed by atoms with Crippen molar-refractivity contribution in [2.45, 2.75) is 25.9 Å². The molecule has 5 nitrogen and oxygen atoms in total. The number of hydrogen-bond donors (Lipinski definition) is 2. The average molecular weight is 301 g/mol. The summed E-state index contributed by atoms with van der Waals surface area (Å²) in [5, 5.41) is 6.11. The van der Waals surface area contributed by atoms with Crippen LogP contribution in [0, 0.1) is 11.8 Å². The van der Waals surface area contributed by atoms with Gasteiger partial charge in [-0.2, -0.15) is 0 Å². The van der Waals surface area contributed by atoms with Gasteiger partial charge in [0, 0.05) is 19.0 Å². The molecule has 5 heteroatoms. The average Bonchev–Trinajstić information content (AvgIpc) is 2.79. The highest BCUT2D eigenvalue weighted by molar-refractivity contribution is 5.89. The summed E-state index contributed by atoms with van der Waals surface area (Å²) in [5.74, 6) is 0.414. The van der Waals surface area contributed by atoms with Crippen molar-refractivity contribution < 1.29 is 9.59 Å². The Morgan fingerprint density at radius 1 is 1.36 bits per heavy atom. The number of rotatable bonds is 5. The van der Waals surface area contributed by atoms with Crippen molar-refractivity contribution in [2.24, 2.45) is 11.8 Å². The SMILES string of the molecule is CC(C(=O)NC1CCN(Cc2ccccc2)C1=O)C1CNC1. The Kier molecular flexibility index (Phi) is 4.43. The Morgan fingerprint density at radius 3 is 2.73 bits per heavy atom. The second-order valence-corrected chi connectivity index (χ2v) is 6.30. The van der Waals surface area contributed by atoms with Gasteiger partial charge in [-0.15, -0.1) is 0 Å². The second kappa shape index (κ2) is 6.48. The molecule has 0 bridgehead atoms. The van der Waals surface area contributed by atoms with Gasteiger partial charge in [0.25, 0.3) is 0 Å². The van der Waals surface area contributed by atoms with Gasteiger partial charge in [0.1, 0.15) is 6.04 Å². The number of likely N-dealkylation sites (tertiary alicyclic amines) is 1. The molecule has 0 spiro atoms. The highest BCUT2D eigenvalue weighted by Crippen LogP contribution is 2.19. The number of nitrogens with zero attached hydrogens (tertiary/aromatic N) is 1. The molecule has 22 heavy (non-hydrogen) atoms. The van der Waals surface area contributed by atoms with E-state index in [-0.39, 0.29) is 23.8 Å². The molecule has 2 saturated heterocycles. The van der Waals surface area contributed by atoms with E-state index in [1.807, 2.05) is 42.2 Å². The first-order valence-corrected chi connectivity index (χ1v) is 7.99. The first-order chi connectivity index (χ1) is 10.6. The summed E-state index contributed by atoms with van der Waals surface area (Å²) in [4.78, 5) is 26.5. The fourth-order valence-electron chi connectivity index (χ4n) is 3.02. The van der Waals surface area contributed by atoms with Gasteiger partial charge in [0.15, 0.2) is 0 Å². The number of benzene rings is 1. The Hall–Kier alpha value is -1.88. The van der Waals surface area contributed by atoms with Crippen molar-refractivity contribution in [2.75, 3.05) is 19.6 Å². The van der Waals surface area contributed by atoms with E-state index in [1.54, 1.807) is 0 Å². The number of hydrogen-bond acceptors (Lipinski definition) is 3. The first-order valence-electron chi connectivity index (χ1n) is 7.99. The van der Waals surface area contributed by atoms with E-state index in [4.69, 9.17) is 0 Å². The van der Waals surface area contributed by atoms with Crippen LogP contribution in [0.5, 0.6) is 0 Å². The summed E-state index contributed by atoms with van der Waals surface area (Å²) in [6.45, 7) is 5.06. The maximum absolute atomic E-state index is 12.4. The van der Waals surface area contributed by atoms with Gasteiger partial charge in [-0.1, -0.05) is 37.3 Å². The molecular formula is C17H23N3O2. The Bertz CT molecular complexity index is 542. The summed E-state index contributed by atoms with van der Waals surface area (Å²) in [6.07, 6.45) is 0.701. The molecule has 1 aromatic carbocycles. The Morgan fingerprint density at radius 2 is 2.09 bits per heavy atom. The smallest absolute Gasteiger partial charge is 0.245 e. The molecule has 2 amide bonds. The van der Waals surface area contributed by atoms with Crippen LogP contribution >= 0.6 is 0 Å². The van der Waals surface area contributed by atoms with Crippen LogP contribution in [0.1, 0.15) is 18.9 Å². The topological polar surface area (TPSA) is 61.4 Å². The van der Waals surface area contributed by atoms with Gasteiger partial charge >= 0.3 is 0 Å². The lowest BCUT2D eigenvalue weighted by atomic mass is 9.88. The molecule has 2 aliphatic heterocycles. The lowest BCUT2D eigenvalue weighted by molar-refractivity contribution is -0.134. The minimum atomic E-state index is -0.355. The fraction of sp³-hybridized carbons (Fsp3) is 0.529. The molecule has 3 rings (SSSR count). The van der Waals surface area contributed by atoms with E-state index in [1.165, 1.54) is 0 Å². The van der Waals surface area contributed by atoms with Crippen LogP contribution in [-0.2, 0) is 16.1 Å². The molecule has 2 atom stereocenters. The third kappa shape index (κ3) is 3.14. The van der Waals surface area contributed by atoms with Crippen molar-refractivity contribution >= 4 is 11.8 Å². The van der Waals surface area contributed by atoms with Crippen LogP contribution in [0.4, 0.5) is 0 Å². The molecule has 2 fully saturated rings. The molecule has 0 aliphatic carbocycles. The zero-order chi connectivity index (χ0) is 15.5. The summed E-state index contributed by atoms with van der Waals surface area (Å²) in [5.41, 5.74) is 1.12. The number of carbonyl (C=O) groups excluding carboxylic acids is 2. The quantitative estimate of drug-likeness (QED) is 0.844. The molecule has 2 N–H and O–H groups in total. The second-order valence-electron chi connectivity index (χ2n) is 6.30. The molecule has 2 aliphatic rings. The monoisotopic (exact) mass is 301 g/mol.